The molecule has 1 aromatic heterocycles. The molecule has 0 spiro atoms. The van der Waals surface area contributed by atoms with Gasteiger partial charge in [-0.3, -0.25) is 0 Å². The summed E-state index contributed by atoms with van der Waals surface area (Å²) in [6.07, 6.45) is 2.08. The van der Waals surface area contributed by atoms with Crippen LogP contribution in [0.25, 0.3) is 0 Å². The predicted octanol–water partition coefficient (Wildman–Crippen LogP) is 3.11. The zero-order chi connectivity index (χ0) is 11.4. The van der Waals surface area contributed by atoms with Crippen LogP contribution in [0.5, 0.6) is 0 Å². The lowest BCUT2D eigenvalue weighted by molar-refractivity contribution is -0.708. The number of aryl methyl sites for hydroxylation is 2. The summed E-state index contributed by atoms with van der Waals surface area (Å²) < 4.78 is 2.15. The SMILES string of the molecule is Cc1ccc(CSc2cccc[n+]2C)cc1. The van der Waals surface area contributed by atoms with Gasteiger partial charge in [0.25, 0.3) is 0 Å². The molecule has 1 heterocycles. The molecule has 0 bridgehead atoms. The van der Waals surface area contributed by atoms with Gasteiger partial charge < -0.3 is 0 Å². The van der Waals surface area contributed by atoms with E-state index in [0.29, 0.717) is 0 Å². The summed E-state index contributed by atoms with van der Waals surface area (Å²) in [7, 11) is 2.08. The Balaban J connectivity index is 2.02. The van der Waals surface area contributed by atoms with Gasteiger partial charge in [-0.25, -0.2) is 0 Å². The quantitative estimate of drug-likeness (QED) is 0.579. The normalized spacial score (nSPS) is 10.4. The maximum atomic E-state index is 2.20. The van der Waals surface area contributed by atoms with Gasteiger partial charge in [0.1, 0.15) is 7.05 Å². The van der Waals surface area contributed by atoms with Crippen LogP contribution >= 0.6 is 11.8 Å². The molecule has 0 amide bonds. The number of benzene rings is 1. The smallest absolute Gasteiger partial charge is 0.196 e. The number of aromatic nitrogens is 1. The van der Waals surface area contributed by atoms with E-state index >= 15 is 0 Å². The van der Waals surface area contributed by atoms with Crippen molar-refractivity contribution in [1.82, 2.24) is 0 Å². The Hall–Kier alpha value is -1.28. The first-order valence-electron chi connectivity index (χ1n) is 5.39. The van der Waals surface area contributed by atoms with Crippen LogP contribution in [0, 0.1) is 6.92 Å². The third-order valence-electron chi connectivity index (χ3n) is 2.51. The highest BCUT2D eigenvalue weighted by molar-refractivity contribution is 7.98. The van der Waals surface area contributed by atoms with Crippen molar-refractivity contribution in [3.05, 3.63) is 59.8 Å². The Morgan fingerprint density at radius 1 is 1.06 bits per heavy atom. The Morgan fingerprint density at radius 2 is 1.81 bits per heavy atom. The van der Waals surface area contributed by atoms with Gasteiger partial charge >= 0.3 is 0 Å². The fourth-order valence-electron chi connectivity index (χ4n) is 1.50. The standard InChI is InChI=1S/C14H16NS/c1-12-6-8-13(9-7-12)11-16-14-5-3-4-10-15(14)2/h3-10H,11H2,1-2H3/q+1. The van der Waals surface area contributed by atoms with Crippen LogP contribution in [0.2, 0.25) is 0 Å². The van der Waals surface area contributed by atoms with Crippen molar-refractivity contribution >= 4 is 11.8 Å². The first-order valence-corrected chi connectivity index (χ1v) is 6.37. The van der Waals surface area contributed by atoms with Gasteiger partial charge in [0.15, 0.2) is 6.20 Å². The number of hydrogen-bond donors (Lipinski definition) is 0. The van der Waals surface area contributed by atoms with E-state index in [2.05, 4.69) is 67.2 Å². The van der Waals surface area contributed by atoms with Gasteiger partial charge in [0.2, 0.25) is 5.03 Å². The van der Waals surface area contributed by atoms with Crippen molar-refractivity contribution in [3.8, 4) is 0 Å². The summed E-state index contributed by atoms with van der Waals surface area (Å²) in [5.41, 5.74) is 2.69. The molecule has 0 fully saturated rings. The Morgan fingerprint density at radius 3 is 2.50 bits per heavy atom. The van der Waals surface area contributed by atoms with Gasteiger partial charge in [-0.1, -0.05) is 41.6 Å². The minimum Gasteiger partial charge on any atom is -0.196 e. The third kappa shape index (κ3) is 2.86. The fourth-order valence-corrected chi connectivity index (χ4v) is 2.45. The Kier molecular flexibility index (Phi) is 3.62. The summed E-state index contributed by atoms with van der Waals surface area (Å²) in [6, 6.07) is 15.0. The maximum Gasteiger partial charge on any atom is 0.240 e. The number of pyridine rings is 1. The van der Waals surface area contributed by atoms with E-state index in [9.17, 15) is 0 Å². The second-order valence-electron chi connectivity index (χ2n) is 3.92. The van der Waals surface area contributed by atoms with Crippen LogP contribution in [-0.2, 0) is 12.8 Å². The molecule has 1 aromatic carbocycles. The van der Waals surface area contributed by atoms with Crippen molar-refractivity contribution in [1.29, 1.82) is 0 Å². The first-order chi connectivity index (χ1) is 7.75. The number of rotatable bonds is 3. The van der Waals surface area contributed by atoms with Crippen LogP contribution in [0.4, 0.5) is 0 Å². The zero-order valence-electron chi connectivity index (χ0n) is 9.68. The largest absolute Gasteiger partial charge is 0.240 e. The molecule has 16 heavy (non-hydrogen) atoms. The zero-order valence-corrected chi connectivity index (χ0v) is 10.5. The van der Waals surface area contributed by atoms with E-state index in [0.717, 1.165) is 5.75 Å². The van der Waals surface area contributed by atoms with Crippen molar-refractivity contribution in [2.75, 3.05) is 0 Å². The molecule has 0 radical (unpaired) electrons. The average Bonchev–Trinajstić information content (AvgIpc) is 2.30. The summed E-state index contributed by atoms with van der Waals surface area (Å²) in [5, 5.41) is 1.29. The van der Waals surface area contributed by atoms with Crippen LogP contribution in [0.15, 0.2) is 53.7 Å². The molecule has 1 nitrogen and oxygen atoms in total. The Bertz CT molecular complexity index is 462. The monoisotopic (exact) mass is 230 g/mol. The molecule has 0 saturated heterocycles. The average molecular weight is 230 g/mol. The molecule has 2 heteroatoms. The minimum absolute atomic E-state index is 1.03. The molecule has 0 aliphatic heterocycles. The van der Waals surface area contributed by atoms with Crippen molar-refractivity contribution in [3.63, 3.8) is 0 Å². The maximum absolute atomic E-state index is 2.20. The molecule has 0 atom stereocenters. The lowest BCUT2D eigenvalue weighted by atomic mass is 10.2. The van der Waals surface area contributed by atoms with Gasteiger partial charge in [-0.15, -0.1) is 0 Å². The van der Waals surface area contributed by atoms with E-state index in [1.165, 1.54) is 16.2 Å². The van der Waals surface area contributed by atoms with Gasteiger partial charge in [-0.05, 0) is 18.6 Å². The number of hydrogen-bond acceptors (Lipinski definition) is 1. The van der Waals surface area contributed by atoms with E-state index in [1.54, 1.807) is 0 Å². The molecule has 0 aliphatic carbocycles. The summed E-state index contributed by atoms with van der Waals surface area (Å²) in [4.78, 5) is 0. The second kappa shape index (κ2) is 5.17. The van der Waals surface area contributed by atoms with E-state index in [4.69, 9.17) is 0 Å². The molecule has 0 saturated carbocycles. The lowest BCUT2D eigenvalue weighted by Gasteiger charge is -2.01. The third-order valence-corrected chi connectivity index (χ3v) is 3.71. The van der Waals surface area contributed by atoms with Crippen LogP contribution in [-0.4, -0.2) is 0 Å². The van der Waals surface area contributed by atoms with Crippen LogP contribution in [0.3, 0.4) is 0 Å². The summed E-state index contributed by atoms with van der Waals surface area (Å²) in [6.45, 7) is 2.12. The molecule has 82 valence electrons. The molecule has 0 unspecified atom stereocenters. The van der Waals surface area contributed by atoms with Crippen LogP contribution < -0.4 is 4.57 Å². The van der Waals surface area contributed by atoms with E-state index in [-0.39, 0.29) is 0 Å². The van der Waals surface area contributed by atoms with Gasteiger partial charge in [0, 0.05) is 17.9 Å². The topological polar surface area (TPSA) is 3.88 Å². The molecular formula is C14H16NS+. The first kappa shape index (κ1) is 11.2. The molecular weight excluding hydrogens is 214 g/mol. The minimum atomic E-state index is 1.03. The van der Waals surface area contributed by atoms with E-state index < -0.39 is 0 Å². The second-order valence-corrected chi connectivity index (χ2v) is 4.92. The van der Waals surface area contributed by atoms with Gasteiger partial charge in [0.05, 0.1) is 0 Å². The molecule has 0 N–H and O–H groups in total. The predicted molar refractivity (Wildman–Crippen MR) is 68.4 cm³/mol. The fraction of sp³-hybridized carbons (Fsp3) is 0.214. The van der Waals surface area contributed by atoms with Crippen molar-refractivity contribution in [2.45, 2.75) is 17.7 Å². The highest BCUT2D eigenvalue weighted by Crippen LogP contribution is 2.19. The molecule has 0 aliphatic rings. The number of thioether (sulfide) groups is 1. The van der Waals surface area contributed by atoms with Crippen molar-refractivity contribution < 1.29 is 4.57 Å². The van der Waals surface area contributed by atoms with Crippen LogP contribution in [0.1, 0.15) is 11.1 Å². The molecule has 2 rings (SSSR count). The molecule has 2 aromatic rings. The van der Waals surface area contributed by atoms with E-state index in [1.807, 2.05) is 11.8 Å². The van der Waals surface area contributed by atoms with Gasteiger partial charge in [-0.2, -0.15) is 4.57 Å². The number of nitrogens with zero attached hydrogens (tertiary/aromatic N) is 1. The van der Waals surface area contributed by atoms with Crippen molar-refractivity contribution in [2.24, 2.45) is 7.05 Å². The summed E-state index contributed by atoms with van der Waals surface area (Å²) >= 11 is 1.87. The highest BCUT2D eigenvalue weighted by Gasteiger charge is 2.05. The summed E-state index contributed by atoms with van der Waals surface area (Å²) in [5.74, 6) is 1.03. The Labute approximate surface area is 101 Å². The highest BCUT2D eigenvalue weighted by atomic mass is 32.2. The lowest BCUT2D eigenvalue weighted by Crippen LogP contribution is -2.29.